The Morgan fingerprint density at radius 1 is 1.29 bits per heavy atom. The maximum absolute atomic E-state index is 10.1. The van der Waals surface area contributed by atoms with Crippen LogP contribution in [0.1, 0.15) is 6.92 Å². The number of aliphatic hydroxyl groups is 1. The molecule has 0 amide bonds. The van der Waals surface area contributed by atoms with Gasteiger partial charge in [0.1, 0.15) is 0 Å². The van der Waals surface area contributed by atoms with Crippen LogP contribution >= 0.6 is 0 Å². The first-order valence-electron chi connectivity index (χ1n) is 3.46. The number of hydrogen-bond donors (Lipinski definition) is 2. The summed E-state index contributed by atoms with van der Waals surface area (Å²) in [7, 11) is 0. The Bertz CT molecular complexity index is 208. The predicted molar refractivity (Wildman–Crippen MR) is 46.9 cm³/mol. The molecule has 0 saturated carbocycles. The largest absolute Gasteiger partial charge is 0.433 e. The second-order valence-corrected chi connectivity index (χ2v) is 1.85. The first-order chi connectivity index (χ1) is 6.47. The molecule has 0 aliphatic rings. The van der Waals surface area contributed by atoms with Crippen LogP contribution in [0.4, 0.5) is 0 Å². The summed E-state index contributed by atoms with van der Waals surface area (Å²) < 4.78 is 4.20. The third-order valence-electron chi connectivity index (χ3n) is 0.710. The quantitative estimate of drug-likeness (QED) is 0.225. The summed E-state index contributed by atoms with van der Waals surface area (Å²) in [6.07, 6.45) is 0.813. The highest BCUT2D eigenvalue weighted by Gasteiger charge is 1.97. The molecule has 0 aromatic heterocycles. The van der Waals surface area contributed by atoms with Gasteiger partial charge in [-0.3, -0.25) is 4.89 Å². The molecule has 2 N–H and O–H groups in total. The molecule has 14 heavy (non-hydrogen) atoms. The van der Waals surface area contributed by atoms with Crippen LogP contribution in [0.25, 0.3) is 0 Å². The molecule has 0 spiro atoms. The SMILES string of the molecule is C=CC(=O)OC(C)O.C=CC(=O)OO. The van der Waals surface area contributed by atoms with Gasteiger partial charge in [0.25, 0.3) is 0 Å². The average Bonchev–Trinajstić information content (AvgIpc) is 2.16. The Morgan fingerprint density at radius 2 is 1.71 bits per heavy atom. The van der Waals surface area contributed by atoms with Gasteiger partial charge in [0.15, 0.2) is 6.29 Å². The fourth-order valence-corrected chi connectivity index (χ4v) is 0.253. The smallest absolute Gasteiger partial charge is 0.365 e. The highest BCUT2D eigenvalue weighted by molar-refractivity contribution is 5.81. The number of esters is 1. The van der Waals surface area contributed by atoms with Crippen molar-refractivity contribution < 1.29 is 29.6 Å². The van der Waals surface area contributed by atoms with E-state index in [1.165, 1.54) is 6.92 Å². The maximum atomic E-state index is 10.1. The van der Waals surface area contributed by atoms with Crippen LogP contribution < -0.4 is 0 Å². The van der Waals surface area contributed by atoms with Crippen molar-refractivity contribution in [2.75, 3.05) is 0 Å². The fraction of sp³-hybridized carbons (Fsp3) is 0.250. The molecule has 0 aliphatic carbocycles. The van der Waals surface area contributed by atoms with E-state index < -0.39 is 18.2 Å². The lowest BCUT2D eigenvalue weighted by Crippen LogP contribution is -2.10. The van der Waals surface area contributed by atoms with Crippen LogP contribution in [0.15, 0.2) is 25.3 Å². The Balaban J connectivity index is 0. The summed E-state index contributed by atoms with van der Waals surface area (Å²) in [4.78, 5) is 22.9. The van der Waals surface area contributed by atoms with Crippen molar-refractivity contribution in [3.63, 3.8) is 0 Å². The van der Waals surface area contributed by atoms with Gasteiger partial charge in [-0.2, -0.15) is 5.26 Å². The number of ether oxygens (including phenoxy) is 1. The lowest BCUT2D eigenvalue weighted by molar-refractivity contribution is -0.228. The second-order valence-electron chi connectivity index (χ2n) is 1.85. The second kappa shape index (κ2) is 9.43. The molecule has 6 nitrogen and oxygen atoms in total. The van der Waals surface area contributed by atoms with E-state index >= 15 is 0 Å². The van der Waals surface area contributed by atoms with Crippen LogP contribution in [0.3, 0.4) is 0 Å². The minimum atomic E-state index is -1.04. The Labute approximate surface area is 81.0 Å². The van der Waals surface area contributed by atoms with Crippen molar-refractivity contribution in [1.29, 1.82) is 0 Å². The number of rotatable bonds is 3. The fourth-order valence-electron chi connectivity index (χ4n) is 0.253. The highest BCUT2D eigenvalue weighted by atomic mass is 17.1. The highest BCUT2D eigenvalue weighted by Crippen LogP contribution is 1.84. The minimum Gasteiger partial charge on any atom is -0.433 e. The molecular weight excluding hydrogens is 192 g/mol. The van der Waals surface area contributed by atoms with Gasteiger partial charge >= 0.3 is 11.9 Å². The van der Waals surface area contributed by atoms with Crippen LogP contribution in [0.5, 0.6) is 0 Å². The van der Waals surface area contributed by atoms with Gasteiger partial charge < -0.3 is 9.84 Å². The lowest BCUT2D eigenvalue weighted by atomic mass is 10.6. The summed E-state index contributed by atoms with van der Waals surface area (Å²) in [5.74, 6) is -1.45. The molecule has 0 heterocycles. The predicted octanol–water partition coefficient (Wildman–Crippen LogP) is 0.242. The number of carbonyl (C=O) groups excluding carboxylic acids is 2. The van der Waals surface area contributed by atoms with E-state index in [4.69, 9.17) is 10.4 Å². The van der Waals surface area contributed by atoms with Crippen LogP contribution in [0, 0.1) is 0 Å². The van der Waals surface area contributed by atoms with Crippen molar-refractivity contribution in [3.05, 3.63) is 25.3 Å². The number of carbonyl (C=O) groups is 2. The molecule has 0 saturated heterocycles. The molecule has 1 unspecified atom stereocenters. The third kappa shape index (κ3) is 13.0. The zero-order chi connectivity index (χ0) is 11.6. The third-order valence-corrected chi connectivity index (χ3v) is 0.710. The molecule has 0 aromatic rings. The molecule has 0 rings (SSSR count). The minimum absolute atomic E-state index is 0.611. The Morgan fingerprint density at radius 3 is 1.79 bits per heavy atom. The van der Waals surface area contributed by atoms with Gasteiger partial charge in [-0.25, -0.2) is 9.59 Å². The van der Waals surface area contributed by atoms with E-state index in [0.29, 0.717) is 0 Å². The van der Waals surface area contributed by atoms with Gasteiger partial charge in [-0.1, -0.05) is 13.2 Å². The summed E-state index contributed by atoms with van der Waals surface area (Å²) in [6.45, 7) is 7.47. The van der Waals surface area contributed by atoms with Gasteiger partial charge in [0.05, 0.1) is 0 Å². The van der Waals surface area contributed by atoms with Crippen molar-refractivity contribution in [3.8, 4) is 0 Å². The Kier molecular flexibility index (Phi) is 10.00. The molecule has 0 aliphatic heterocycles. The van der Waals surface area contributed by atoms with Crippen LogP contribution in [-0.2, 0) is 19.2 Å². The van der Waals surface area contributed by atoms with Gasteiger partial charge in [0, 0.05) is 12.2 Å². The lowest BCUT2D eigenvalue weighted by Gasteiger charge is -2.01. The molecular formula is C8H12O6. The van der Waals surface area contributed by atoms with E-state index in [1.807, 2.05) is 0 Å². The summed E-state index contributed by atoms with van der Waals surface area (Å²) in [5, 5.41) is 15.8. The van der Waals surface area contributed by atoms with E-state index in [2.05, 4.69) is 22.8 Å². The van der Waals surface area contributed by atoms with Crippen molar-refractivity contribution in [1.82, 2.24) is 0 Å². The first-order valence-corrected chi connectivity index (χ1v) is 3.46. The zero-order valence-corrected chi connectivity index (χ0v) is 7.67. The normalized spacial score (nSPS) is 9.93. The monoisotopic (exact) mass is 204 g/mol. The van der Waals surface area contributed by atoms with Gasteiger partial charge in [-0.15, -0.1) is 0 Å². The number of hydrogen-bond acceptors (Lipinski definition) is 6. The van der Waals surface area contributed by atoms with Gasteiger partial charge in [-0.05, 0) is 6.92 Å². The van der Waals surface area contributed by atoms with Crippen LogP contribution in [-0.4, -0.2) is 28.6 Å². The van der Waals surface area contributed by atoms with E-state index in [9.17, 15) is 9.59 Å². The van der Waals surface area contributed by atoms with E-state index in [1.54, 1.807) is 0 Å². The topological polar surface area (TPSA) is 93.1 Å². The molecule has 0 radical (unpaired) electrons. The molecule has 0 aromatic carbocycles. The Hall–Kier alpha value is -1.66. The molecule has 80 valence electrons. The molecule has 1 atom stereocenters. The molecule has 0 fully saturated rings. The molecule has 6 heteroatoms. The average molecular weight is 204 g/mol. The standard InChI is InChI=1S/C5H8O3.C3H4O3/c1-3-5(7)8-4(2)6;1-2-3(4)6-5/h3-4,6H,1H2,2H3;2,5H,1H2. The van der Waals surface area contributed by atoms with Gasteiger partial charge in [0.2, 0.25) is 0 Å². The summed E-state index contributed by atoms with van der Waals surface area (Å²) in [6, 6.07) is 0. The summed E-state index contributed by atoms with van der Waals surface area (Å²) >= 11 is 0. The number of aliphatic hydroxyl groups excluding tert-OH is 1. The maximum Gasteiger partial charge on any atom is 0.365 e. The zero-order valence-electron chi connectivity index (χ0n) is 7.67. The van der Waals surface area contributed by atoms with E-state index in [0.717, 1.165) is 12.2 Å². The summed E-state index contributed by atoms with van der Waals surface area (Å²) in [5.41, 5.74) is 0. The van der Waals surface area contributed by atoms with Crippen molar-refractivity contribution in [2.45, 2.75) is 13.2 Å². The van der Waals surface area contributed by atoms with E-state index in [-0.39, 0.29) is 0 Å². The molecule has 0 bridgehead atoms. The first kappa shape index (κ1) is 14.8. The van der Waals surface area contributed by atoms with Crippen LogP contribution in [0.2, 0.25) is 0 Å². The van der Waals surface area contributed by atoms with Crippen molar-refractivity contribution >= 4 is 11.9 Å². The van der Waals surface area contributed by atoms with Crippen molar-refractivity contribution in [2.24, 2.45) is 0 Å².